The third-order valence-corrected chi connectivity index (χ3v) is 4.61. The molecule has 3 nitrogen and oxygen atoms in total. The Kier molecular flexibility index (Phi) is 4.17. The van der Waals surface area contributed by atoms with E-state index in [1.807, 2.05) is 5.51 Å². The van der Waals surface area contributed by atoms with Gasteiger partial charge in [0.25, 0.3) is 0 Å². The fourth-order valence-electron chi connectivity index (χ4n) is 2.73. The zero-order valence-electron chi connectivity index (χ0n) is 10.9. The standard InChI is InChI=1S/C13H23N3S/c1-11-12(17-10-15-11)8-16(2)9-13(14)6-4-3-5-7-13/h10H,3-9,14H2,1-2H3. The van der Waals surface area contributed by atoms with Gasteiger partial charge in [-0.1, -0.05) is 19.3 Å². The largest absolute Gasteiger partial charge is 0.324 e. The molecule has 0 bridgehead atoms. The number of rotatable bonds is 4. The number of aromatic nitrogens is 1. The van der Waals surface area contributed by atoms with Gasteiger partial charge in [-0.15, -0.1) is 11.3 Å². The van der Waals surface area contributed by atoms with Gasteiger partial charge in [0.1, 0.15) is 0 Å². The maximum atomic E-state index is 6.47. The lowest BCUT2D eigenvalue weighted by Gasteiger charge is -2.36. The number of nitrogens with two attached hydrogens (primary N) is 1. The molecule has 0 aliphatic heterocycles. The molecule has 1 fully saturated rings. The summed E-state index contributed by atoms with van der Waals surface area (Å²) in [6.45, 7) is 4.07. The van der Waals surface area contributed by atoms with Gasteiger partial charge in [0.2, 0.25) is 0 Å². The summed E-state index contributed by atoms with van der Waals surface area (Å²) in [7, 11) is 2.17. The summed E-state index contributed by atoms with van der Waals surface area (Å²) in [6, 6.07) is 0. The summed E-state index contributed by atoms with van der Waals surface area (Å²) in [5.74, 6) is 0. The molecule has 0 atom stereocenters. The molecule has 0 radical (unpaired) electrons. The van der Waals surface area contributed by atoms with Crippen LogP contribution in [0.5, 0.6) is 0 Å². The van der Waals surface area contributed by atoms with Gasteiger partial charge >= 0.3 is 0 Å². The number of likely N-dealkylation sites (N-methyl/N-ethyl adjacent to an activating group) is 1. The van der Waals surface area contributed by atoms with Crippen molar-refractivity contribution in [3.05, 3.63) is 16.1 Å². The first-order valence-corrected chi connectivity index (χ1v) is 7.33. The van der Waals surface area contributed by atoms with Crippen molar-refractivity contribution in [2.45, 2.75) is 51.1 Å². The predicted octanol–water partition coefficient (Wildman–Crippen LogP) is 2.54. The molecule has 1 aliphatic rings. The molecule has 1 aliphatic carbocycles. The van der Waals surface area contributed by atoms with E-state index in [1.165, 1.54) is 37.0 Å². The maximum absolute atomic E-state index is 6.47. The van der Waals surface area contributed by atoms with Gasteiger partial charge in [-0.3, -0.25) is 4.90 Å². The molecule has 96 valence electrons. The van der Waals surface area contributed by atoms with Crippen molar-refractivity contribution in [3.8, 4) is 0 Å². The zero-order valence-corrected chi connectivity index (χ0v) is 11.7. The quantitative estimate of drug-likeness (QED) is 0.896. The van der Waals surface area contributed by atoms with Crippen LogP contribution in [0.15, 0.2) is 5.51 Å². The molecule has 1 saturated carbocycles. The summed E-state index contributed by atoms with van der Waals surface area (Å²) < 4.78 is 0. The van der Waals surface area contributed by atoms with Crippen molar-refractivity contribution in [3.63, 3.8) is 0 Å². The highest BCUT2D eigenvalue weighted by molar-refractivity contribution is 7.09. The van der Waals surface area contributed by atoms with Gasteiger partial charge in [0, 0.05) is 23.5 Å². The lowest BCUT2D eigenvalue weighted by atomic mass is 9.82. The fourth-order valence-corrected chi connectivity index (χ4v) is 3.59. The minimum atomic E-state index is 0.0472. The van der Waals surface area contributed by atoms with Crippen LogP contribution in [0.4, 0.5) is 0 Å². The Bertz CT molecular complexity index is 355. The van der Waals surface area contributed by atoms with Crippen molar-refractivity contribution < 1.29 is 0 Å². The third-order valence-electron chi connectivity index (χ3n) is 3.69. The molecule has 4 heteroatoms. The van der Waals surface area contributed by atoms with E-state index in [0.717, 1.165) is 18.8 Å². The highest BCUT2D eigenvalue weighted by Gasteiger charge is 2.28. The van der Waals surface area contributed by atoms with Crippen LogP contribution in [0, 0.1) is 6.92 Å². The van der Waals surface area contributed by atoms with E-state index in [0.29, 0.717) is 0 Å². The van der Waals surface area contributed by atoms with Gasteiger partial charge in [-0.05, 0) is 26.8 Å². The van der Waals surface area contributed by atoms with Gasteiger partial charge in [0.15, 0.2) is 0 Å². The second-order valence-corrected chi connectivity index (χ2v) is 6.40. The first-order valence-electron chi connectivity index (χ1n) is 6.45. The van der Waals surface area contributed by atoms with Crippen molar-refractivity contribution in [2.75, 3.05) is 13.6 Å². The second-order valence-electron chi connectivity index (χ2n) is 5.46. The molecule has 0 amide bonds. The van der Waals surface area contributed by atoms with Crippen LogP contribution in [0.1, 0.15) is 42.7 Å². The molecule has 0 unspecified atom stereocenters. The molecule has 1 aromatic rings. The number of nitrogens with zero attached hydrogens (tertiary/aromatic N) is 2. The van der Waals surface area contributed by atoms with Crippen LogP contribution in [0.3, 0.4) is 0 Å². The lowest BCUT2D eigenvalue weighted by Crippen LogP contribution is -2.50. The monoisotopic (exact) mass is 253 g/mol. The van der Waals surface area contributed by atoms with Gasteiger partial charge < -0.3 is 5.73 Å². The fraction of sp³-hybridized carbons (Fsp3) is 0.769. The topological polar surface area (TPSA) is 42.2 Å². The smallest absolute Gasteiger partial charge is 0.0798 e. The normalized spacial score (nSPS) is 19.8. The highest BCUT2D eigenvalue weighted by atomic mass is 32.1. The zero-order chi connectivity index (χ0) is 12.3. The molecule has 2 N–H and O–H groups in total. The first-order chi connectivity index (χ1) is 8.09. The summed E-state index contributed by atoms with van der Waals surface area (Å²) in [4.78, 5) is 8.01. The van der Waals surface area contributed by atoms with Crippen molar-refractivity contribution in [1.29, 1.82) is 0 Å². The van der Waals surface area contributed by atoms with Gasteiger partial charge in [-0.2, -0.15) is 0 Å². The van der Waals surface area contributed by atoms with Crippen LogP contribution >= 0.6 is 11.3 Å². The molecule has 1 heterocycles. The Labute approximate surface area is 108 Å². The Hall–Kier alpha value is -0.450. The van der Waals surface area contributed by atoms with Crippen molar-refractivity contribution in [2.24, 2.45) is 5.73 Å². The second kappa shape index (κ2) is 5.46. The molecule has 0 aromatic carbocycles. The minimum Gasteiger partial charge on any atom is -0.324 e. The highest BCUT2D eigenvalue weighted by Crippen LogP contribution is 2.27. The lowest BCUT2D eigenvalue weighted by molar-refractivity contribution is 0.194. The van der Waals surface area contributed by atoms with E-state index in [9.17, 15) is 0 Å². The summed E-state index contributed by atoms with van der Waals surface area (Å²) in [6.07, 6.45) is 6.31. The first kappa shape index (κ1) is 13.0. The average Bonchev–Trinajstić information content (AvgIpc) is 2.64. The Morgan fingerprint density at radius 3 is 2.71 bits per heavy atom. The maximum Gasteiger partial charge on any atom is 0.0798 e. The van der Waals surface area contributed by atoms with E-state index in [-0.39, 0.29) is 5.54 Å². The molecule has 2 rings (SSSR count). The van der Waals surface area contributed by atoms with E-state index in [1.54, 1.807) is 11.3 Å². The Balaban J connectivity index is 1.88. The van der Waals surface area contributed by atoms with E-state index < -0.39 is 0 Å². The van der Waals surface area contributed by atoms with Crippen LogP contribution in [-0.4, -0.2) is 29.0 Å². The average molecular weight is 253 g/mol. The summed E-state index contributed by atoms with van der Waals surface area (Å²) >= 11 is 1.75. The number of aryl methyl sites for hydroxylation is 1. The van der Waals surface area contributed by atoms with Gasteiger partial charge in [-0.25, -0.2) is 4.98 Å². The number of thiazole rings is 1. The SMILES string of the molecule is Cc1ncsc1CN(C)CC1(N)CCCCC1. The third kappa shape index (κ3) is 3.50. The van der Waals surface area contributed by atoms with Crippen molar-refractivity contribution >= 4 is 11.3 Å². The van der Waals surface area contributed by atoms with Crippen LogP contribution in [0.25, 0.3) is 0 Å². The summed E-state index contributed by atoms with van der Waals surface area (Å²) in [5, 5.41) is 0. The van der Waals surface area contributed by atoms with E-state index in [4.69, 9.17) is 5.73 Å². The van der Waals surface area contributed by atoms with Crippen LogP contribution in [-0.2, 0) is 6.54 Å². The molecule has 1 aromatic heterocycles. The predicted molar refractivity (Wildman–Crippen MR) is 73.2 cm³/mol. The van der Waals surface area contributed by atoms with Gasteiger partial charge in [0.05, 0.1) is 11.2 Å². The van der Waals surface area contributed by atoms with E-state index >= 15 is 0 Å². The summed E-state index contributed by atoms with van der Waals surface area (Å²) in [5.41, 5.74) is 9.61. The number of hydrogen-bond acceptors (Lipinski definition) is 4. The molecular weight excluding hydrogens is 230 g/mol. The minimum absolute atomic E-state index is 0.0472. The molecule has 0 spiro atoms. The van der Waals surface area contributed by atoms with Crippen LogP contribution < -0.4 is 5.73 Å². The Morgan fingerprint density at radius 2 is 2.12 bits per heavy atom. The van der Waals surface area contributed by atoms with E-state index in [2.05, 4.69) is 23.9 Å². The van der Waals surface area contributed by atoms with Crippen molar-refractivity contribution in [1.82, 2.24) is 9.88 Å². The molecule has 0 saturated heterocycles. The number of hydrogen-bond donors (Lipinski definition) is 1. The molecule has 17 heavy (non-hydrogen) atoms. The Morgan fingerprint density at radius 1 is 1.41 bits per heavy atom. The van der Waals surface area contributed by atoms with Crippen LogP contribution in [0.2, 0.25) is 0 Å². The molecular formula is C13H23N3S.